The SMILES string of the molecule is CCOc1ccccc1[C@H](N)CCCO.Cl. The summed E-state index contributed by atoms with van der Waals surface area (Å²) in [5.74, 6) is 0.852. The van der Waals surface area contributed by atoms with Gasteiger partial charge in [-0.2, -0.15) is 0 Å². The number of benzene rings is 1. The molecule has 0 fully saturated rings. The highest BCUT2D eigenvalue weighted by Gasteiger charge is 2.10. The van der Waals surface area contributed by atoms with E-state index in [2.05, 4.69) is 0 Å². The van der Waals surface area contributed by atoms with Crippen LogP contribution in [-0.4, -0.2) is 18.3 Å². The third-order valence-electron chi connectivity index (χ3n) is 2.29. The molecule has 0 aliphatic rings. The van der Waals surface area contributed by atoms with Crippen LogP contribution >= 0.6 is 12.4 Å². The summed E-state index contributed by atoms with van der Waals surface area (Å²) in [5.41, 5.74) is 7.04. The summed E-state index contributed by atoms with van der Waals surface area (Å²) < 4.78 is 5.50. The Bertz CT molecular complexity index is 294. The molecule has 0 heterocycles. The third kappa shape index (κ3) is 4.39. The van der Waals surface area contributed by atoms with E-state index in [4.69, 9.17) is 15.6 Å². The van der Waals surface area contributed by atoms with Gasteiger partial charge < -0.3 is 15.6 Å². The van der Waals surface area contributed by atoms with Crippen molar-refractivity contribution in [3.63, 3.8) is 0 Å². The second-order valence-corrected chi connectivity index (χ2v) is 3.44. The van der Waals surface area contributed by atoms with Crippen LogP contribution in [0.5, 0.6) is 5.75 Å². The molecule has 0 aliphatic carbocycles. The smallest absolute Gasteiger partial charge is 0.124 e. The first-order valence-electron chi connectivity index (χ1n) is 5.37. The molecule has 1 rings (SSSR count). The predicted octanol–water partition coefficient (Wildman–Crippen LogP) is 2.28. The van der Waals surface area contributed by atoms with Crippen molar-refractivity contribution in [3.8, 4) is 5.75 Å². The Balaban J connectivity index is 0.00000225. The number of rotatable bonds is 6. The first-order valence-corrected chi connectivity index (χ1v) is 5.37. The van der Waals surface area contributed by atoms with Crippen LogP contribution in [0.4, 0.5) is 0 Å². The van der Waals surface area contributed by atoms with Gasteiger partial charge in [0, 0.05) is 18.2 Å². The second kappa shape index (κ2) is 8.39. The van der Waals surface area contributed by atoms with Gasteiger partial charge in [0.15, 0.2) is 0 Å². The van der Waals surface area contributed by atoms with Crippen molar-refractivity contribution >= 4 is 12.4 Å². The van der Waals surface area contributed by atoms with Crippen LogP contribution in [0.15, 0.2) is 24.3 Å². The highest BCUT2D eigenvalue weighted by Crippen LogP contribution is 2.26. The molecule has 0 saturated carbocycles. The Hall–Kier alpha value is -0.770. The fraction of sp³-hybridized carbons (Fsp3) is 0.500. The molecule has 3 N–H and O–H groups in total. The number of halogens is 1. The zero-order chi connectivity index (χ0) is 11.1. The van der Waals surface area contributed by atoms with Gasteiger partial charge in [-0.1, -0.05) is 18.2 Å². The van der Waals surface area contributed by atoms with E-state index in [1.807, 2.05) is 31.2 Å². The Morgan fingerprint density at radius 2 is 2.06 bits per heavy atom. The first-order chi connectivity index (χ1) is 7.29. The molecular weight excluding hydrogens is 226 g/mol. The number of nitrogens with two attached hydrogens (primary N) is 1. The molecule has 1 aromatic rings. The van der Waals surface area contributed by atoms with Crippen molar-refractivity contribution in [3.05, 3.63) is 29.8 Å². The van der Waals surface area contributed by atoms with E-state index >= 15 is 0 Å². The van der Waals surface area contributed by atoms with E-state index in [0.29, 0.717) is 6.61 Å². The van der Waals surface area contributed by atoms with Gasteiger partial charge in [0.05, 0.1) is 6.61 Å². The number of aliphatic hydroxyl groups is 1. The lowest BCUT2D eigenvalue weighted by molar-refractivity contribution is 0.278. The average Bonchev–Trinajstić information content (AvgIpc) is 2.27. The largest absolute Gasteiger partial charge is 0.494 e. The number of hydrogen-bond acceptors (Lipinski definition) is 3. The molecule has 0 bridgehead atoms. The molecule has 4 heteroatoms. The lowest BCUT2D eigenvalue weighted by atomic mass is 10.0. The van der Waals surface area contributed by atoms with Gasteiger partial charge in [0.2, 0.25) is 0 Å². The Labute approximate surface area is 103 Å². The molecule has 0 aliphatic heterocycles. The number of ether oxygens (including phenoxy) is 1. The molecule has 1 aromatic carbocycles. The summed E-state index contributed by atoms with van der Waals surface area (Å²) in [6.45, 7) is 2.78. The quantitative estimate of drug-likeness (QED) is 0.809. The lowest BCUT2D eigenvalue weighted by Crippen LogP contribution is -2.12. The van der Waals surface area contributed by atoms with Crippen LogP contribution in [0, 0.1) is 0 Å². The average molecular weight is 246 g/mol. The lowest BCUT2D eigenvalue weighted by Gasteiger charge is -2.15. The second-order valence-electron chi connectivity index (χ2n) is 3.44. The zero-order valence-corrected chi connectivity index (χ0v) is 10.4. The maximum atomic E-state index is 8.75. The van der Waals surface area contributed by atoms with Crippen LogP contribution in [0.2, 0.25) is 0 Å². The van der Waals surface area contributed by atoms with Crippen molar-refractivity contribution in [2.24, 2.45) is 5.73 Å². The van der Waals surface area contributed by atoms with Crippen molar-refractivity contribution in [2.45, 2.75) is 25.8 Å². The van der Waals surface area contributed by atoms with Crippen molar-refractivity contribution in [1.82, 2.24) is 0 Å². The summed E-state index contributed by atoms with van der Waals surface area (Å²) in [6.07, 6.45) is 1.50. The third-order valence-corrected chi connectivity index (χ3v) is 2.29. The standard InChI is InChI=1S/C12H19NO2.ClH/c1-2-15-12-8-4-3-6-10(12)11(13)7-5-9-14;/h3-4,6,8,11,14H,2,5,7,9,13H2,1H3;1H/t11-;/m1./s1. The van der Waals surface area contributed by atoms with E-state index in [9.17, 15) is 0 Å². The van der Waals surface area contributed by atoms with Crippen molar-refractivity contribution in [1.29, 1.82) is 0 Å². The van der Waals surface area contributed by atoms with Gasteiger partial charge in [0.25, 0.3) is 0 Å². The van der Waals surface area contributed by atoms with Gasteiger partial charge in [-0.15, -0.1) is 12.4 Å². The van der Waals surface area contributed by atoms with Gasteiger partial charge in [-0.25, -0.2) is 0 Å². The Morgan fingerprint density at radius 1 is 1.38 bits per heavy atom. The topological polar surface area (TPSA) is 55.5 Å². The van der Waals surface area contributed by atoms with E-state index < -0.39 is 0 Å². The summed E-state index contributed by atoms with van der Waals surface area (Å²) in [6, 6.07) is 7.74. The molecule has 0 unspecified atom stereocenters. The Kier molecular flexibility index (Phi) is 7.99. The minimum Gasteiger partial charge on any atom is -0.494 e. The number of para-hydroxylation sites is 1. The molecule has 16 heavy (non-hydrogen) atoms. The minimum absolute atomic E-state index is 0. The molecule has 0 radical (unpaired) electrons. The maximum Gasteiger partial charge on any atom is 0.124 e. The normalized spacial score (nSPS) is 11.7. The summed E-state index contributed by atoms with van der Waals surface area (Å²) in [5, 5.41) is 8.75. The van der Waals surface area contributed by atoms with Crippen molar-refractivity contribution < 1.29 is 9.84 Å². The number of hydrogen-bond donors (Lipinski definition) is 2. The van der Waals surface area contributed by atoms with Gasteiger partial charge in [-0.05, 0) is 25.8 Å². The maximum absolute atomic E-state index is 8.75. The van der Waals surface area contributed by atoms with E-state index in [-0.39, 0.29) is 25.1 Å². The van der Waals surface area contributed by atoms with E-state index in [1.165, 1.54) is 0 Å². The van der Waals surface area contributed by atoms with E-state index in [1.54, 1.807) is 0 Å². The minimum atomic E-state index is -0.0556. The van der Waals surface area contributed by atoms with Crippen molar-refractivity contribution in [2.75, 3.05) is 13.2 Å². The highest BCUT2D eigenvalue weighted by molar-refractivity contribution is 5.85. The highest BCUT2D eigenvalue weighted by atomic mass is 35.5. The predicted molar refractivity (Wildman–Crippen MR) is 68.1 cm³/mol. The van der Waals surface area contributed by atoms with Gasteiger partial charge in [-0.3, -0.25) is 0 Å². The van der Waals surface area contributed by atoms with Crippen LogP contribution in [0.1, 0.15) is 31.4 Å². The summed E-state index contributed by atoms with van der Waals surface area (Å²) in [7, 11) is 0. The zero-order valence-electron chi connectivity index (χ0n) is 9.56. The monoisotopic (exact) mass is 245 g/mol. The Morgan fingerprint density at radius 3 is 2.69 bits per heavy atom. The van der Waals surface area contributed by atoms with Crippen LogP contribution in [0.3, 0.4) is 0 Å². The number of aliphatic hydroxyl groups excluding tert-OH is 1. The fourth-order valence-corrected chi connectivity index (χ4v) is 1.54. The summed E-state index contributed by atoms with van der Waals surface area (Å²) in [4.78, 5) is 0. The molecule has 0 spiro atoms. The molecule has 1 atom stereocenters. The molecule has 0 saturated heterocycles. The molecule has 0 amide bonds. The summed E-state index contributed by atoms with van der Waals surface area (Å²) >= 11 is 0. The molecular formula is C12H20ClNO2. The van der Waals surface area contributed by atoms with Crippen LogP contribution in [0.25, 0.3) is 0 Å². The first kappa shape index (κ1) is 15.2. The van der Waals surface area contributed by atoms with Gasteiger partial charge >= 0.3 is 0 Å². The van der Waals surface area contributed by atoms with E-state index in [0.717, 1.165) is 24.2 Å². The van der Waals surface area contributed by atoms with Gasteiger partial charge in [0.1, 0.15) is 5.75 Å². The van der Waals surface area contributed by atoms with Crippen LogP contribution in [-0.2, 0) is 0 Å². The molecule has 92 valence electrons. The molecule has 3 nitrogen and oxygen atoms in total. The molecule has 0 aromatic heterocycles. The van der Waals surface area contributed by atoms with Crippen LogP contribution < -0.4 is 10.5 Å². The fourth-order valence-electron chi connectivity index (χ4n) is 1.54.